The van der Waals surface area contributed by atoms with Gasteiger partial charge in [-0.25, -0.2) is 8.42 Å². The topological polar surface area (TPSA) is 92.8 Å². The van der Waals surface area contributed by atoms with Crippen LogP contribution in [0.15, 0.2) is 65.6 Å². The molecule has 172 valence electrons. The SMILES string of the molecule is CC(C)(C)[Si](C)(C)N1C(=O)[C@@H](NC(=O)COc2ccccc2)C1S(=O)(=O)c1ccccc1. The minimum atomic E-state index is -3.91. The average molecular weight is 475 g/mol. The fourth-order valence-electron chi connectivity index (χ4n) is 3.50. The third-order valence-electron chi connectivity index (χ3n) is 6.30. The molecule has 1 aliphatic heterocycles. The summed E-state index contributed by atoms with van der Waals surface area (Å²) >= 11 is 0. The van der Waals surface area contributed by atoms with Gasteiger partial charge < -0.3 is 14.6 Å². The Labute approximate surface area is 190 Å². The molecule has 1 heterocycles. The van der Waals surface area contributed by atoms with Crippen molar-refractivity contribution in [1.29, 1.82) is 0 Å². The molecular weight excluding hydrogens is 444 g/mol. The molecule has 2 amide bonds. The Hall–Kier alpha value is -2.65. The molecule has 2 atom stereocenters. The summed E-state index contributed by atoms with van der Waals surface area (Å²) in [5.74, 6) is -0.400. The number of hydrogen-bond acceptors (Lipinski definition) is 5. The van der Waals surface area contributed by atoms with Crippen molar-refractivity contribution >= 4 is 29.9 Å². The molecule has 3 rings (SSSR count). The van der Waals surface area contributed by atoms with Gasteiger partial charge in [-0.15, -0.1) is 0 Å². The minimum absolute atomic E-state index is 0.126. The van der Waals surface area contributed by atoms with Crippen molar-refractivity contribution in [3.63, 3.8) is 0 Å². The van der Waals surface area contributed by atoms with Crippen LogP contribution in [0.2, 0.25) is 18.1 Å². The Morgan fingerprint density at radius 3 is 2.09 bits per heavy atom. The Morgan fingerprint density at radius 2 is 1.56 bits per heavy atom. The molecular formula is C23H30N2O5SSi. The van der Waals surface area contributed by atoms with Crippen LogP contribution in [0.25, 0.3) is 0 Å². The normalized spacial score (nSPS) is 19.3. The van der Waals surface area contributed by atoms with Crippen LogP contribution in [0.5, 0.6) is 5.75 Å². The van der Waals surface area contributed by atoms with Crippen molar-refractivity contribution in [2.75, 3.05) is 6.61 Å². The van der Waals surface area contributed by atoms with Crippen molar-refractivity contribution in [1.82, 2.24) is 9.88 Å². The molecule has 1 N–H and O–H groups in total. The maximum Gasteiger partial charge on any atom is 0.258 e. The van der Waals surface area contributed by atoms with Crippen LogP contribution in [0.4, 0.5) is 0 Å². The molecule has 0 spiro atoms. The average Bonchev–Trinajstić information content (AvgIpc) is 2.74. The number of rotatable bonds is 7. The number of sulfone groups is 1. The predicted octanol–water partition coefficient (Wildman–Crippen LogP) is 3.20. The van der Waals surface area contributed by atoms with Crippen LogP contribution in [-0.2, 0) is 19.4 Å². The van der Waals surface area contributed by atoms with Gasteiger partial charge in [0.05, 0.1) is 4.90 Å². The first-order valence-corrected chi connectivity index (χ1v) is 15.0. The lowest BCUT2D eigenvalue weighted by Crippen LogP contribution is -2.80. The van der Waals surface area contributed by atoms with E-state index in [1.165, 1.54) is 16.7 Å². The third kappa shape index (κ3) is 4.45. The van der Waals surface area contributed by atoms with Crippen molar-refractivity contribution in [3.05, 3.63) is 60.7 Å². The van der Waals surface area contributed by atoms with E-state index in [4.69, 9.17) is 4.74 Å². The van der Waals surface area contributed by atoms with E-state index in [0.29, 0.717) is 5.75 Å². The van der Waals surface area contributed by atoms with Crippen LogP contribution in [0.3, 0.4) is 0 Å². The smallest absolute Gasteiger partial charge is 0.258 e. The number of ether oxygens (including phenoxy) is 1. The molecule has 0 saturated carbocycles. The third-order valence-corrected chi connectivity index (χ3v) is 13.9. The summed E-state index contributed by atoms with van der Waals surface area (Å²) in [5, 5.41) is 1.18. The van der Waals surface area contributed by atoms with Crippen LogP contribution in [0.1, 0.15) is 20.8 Å². The summed E-state index contributed by atoms with van der Waals surface area (Å²) in [5.41, 5.74) is 0. The highest BCUT2D eigenvalue weighted by atomic mass is 32.2. The minimum Gasteiger partial charge on any atom is -0.484 e. The maximum atomic E-state index is 13.6. The zero-order valence-corrected chi connectivity index (χ0v) is 20.8. The molecule has 1 saturated heterocycles. The lowest BCUT2D eigenvalue weighted by atomic mass is 10.1. The molecule has 2 aromatic rings. The number of nitrogens with one attached hydrogen (secondary N) is 1. The molecule has 0 radical (unpaired) electrons. The molecule has 0 bridgehead atoms. The zero-order chi connectivity index (χ0) is 23.7. The first-order chi connectivity index (χ1) is 14.9. The quantitative estimate of drug-likeness (QED) is 0.491. The molecule has 0 aromatic heterocycles. The Kier molecular flexibility index (Phi) is 6.53. The van der Waals surface area contributed by atoms with Gasteiger partial charge in [-0.05, 0) is 29.3 Å². The Morgan fingerprint density at radius 1 is 1.03 bits per heavy atom. The lowest BCUT2D eigenvalue weighted by molar-refractivity contribution is -0.143. The summed E-state index contributed by atoms with van der Waals surface area (Å²) in [6.07, 6.45) is 0. The van der Waals surface area contributed by atoms with E-state index < -0.39 is 35.4 Å². The number of nitrogens with zero attached hydrogens (tertiary/aromatic N) is 1. The van der Waals surface area contributed by atoms with E-state index in [0.717, 1.165) is 0 Å². The highest BCUT2D eigenvalue weighted by Crippen LogP contribution is 2.45. The maximum absolute atomic E-state index is 13.6. The largest absolute Gasteiger partial charge is 0.484 e. The number of carbonyl (C=O) groups excluding carboxylic acids is 2. The number of hydrogen-bond donors (Lipinski definition) is 1. The summed E-state index contributed by atoms with van der Waals surface area (Å²) in [6, 6.07) is 15.7. The predicted molar refractivity (Wildman–Crippen MR) is 125 cm³/mol. The molecule has 7 nitrogen and oxygen atoms in total. The zero-order valence-electron chi connectivity index (χ0n) is 19.0. The fourth-order valence-corrected chi connectivity index (χ4v) is 8.64. The molecule has 1 unspecified atom stereocenters. The lowest BCUT2D eigenvalue weighted by Gasteiger charge is -2.57. The molecule has 32 heavy (non-hydrogen) atoms. The fraction of sp³-hybridized carbons (Fsp3) is 0.391. The second-order valence-corrected chi connectivity index (χ2v) is 16.6. The monoisotopic (exact) mass is 474 g/mol. The van der Waals surface area contributed by atoms with Gasteiger partial charge in [0.1, 0.15) is 11.8 Å². The summed E-state index contributed by atoms with van der Waals surface area (Å²) in [6.45, 7) is 9.69. The van der Waals surface area contributed by atoms with Crippen LogP contribution in [-0.4, -0.2) is 51.1 Å². The summed E-state index contributed by atoms with van der Waals surface area (Å²) in [4.78, 5) is 25.9. The second-order valence-electron chi connectivity index (χ2n) is 9.41. The van der Waals surface area contributed by atoms with Gasteiger partial charge in [-0.3, -0.25) is 9.59 Å². The van der Waals surface area contributed by atoms with Crippen LogP contribution in [0, 0.1) is 0 Å². The first kappa shape index (κ1) is 24.0. The van der Waals surface area contributed by atoms with Crippen molar-refractivity contribution in [2.45, 2.75) is 55.2 Å². The first-order valence-electron chi connectivity index (χ1n) is 10.5. The summed E-state index contributed by atoms with van der Waals surface area (Å²) in [7, 11) is -6.44. The number of carbonyl (C=O) groups is 2. The number of para-hydroxylation sites is 1. The van der Waals surface area contributed by atoms with E-state index in [9.17, 15) is 18.0 Å². The van der Waals surface area contributed by atoms with Crippen molar-refractivity contribution < 1.29 is 22.7 Å². The molecule has 1 fully saturated rings. The van der Waals surface area contributed by atoms with Crippen molar-refractivity contribution in [3.8, 4) is 5.75 Å². The molecule has 2 aromatic carbocycles. The van der Waals surface area contributed by atoms with E-state index >= 15 is 0 Å². The highest BCUT2D eigenvalue weighted by molar-refractivity contribution is 7.92. The van der Waals surface area contributed by atoms with Gasteiger partial charge in [0.15, 0.2) is 20.2 Å². The van der Waals surface area contributed by atoms with Gasteiger partial charge in [0.25, 0.3) is 5.91 Å². The van der Waals surface area contributed by atoms with Gasteiger partial charge >= 0.3 is 0 Å². The molecule has 1 aliphatic rings. The number of benzene rings is 2. The van der Waals surface area contributed by atoms with E-state index in [1.54, 1.807) is 42.5 Å². The highest BCUT2D eigenvalue weighted by Gasteiger charge is 2.62. The van der Waals surface area contributed by atoms with Gasteiger partial charge in [-0.2, -0.15) is 0 Å². The number of β-lactam (4-membered cyclic amide) rings is 1. The van der Waals surface area contributed by atoms with E-state index in [2.05, 4.69) is 5.32 Å². The Balaban J connectivity index is 1.88. The van der Waals surface area contributed by atoms with Crippen LogP contribution < -0.4 is 10.1 Å². The van der Waals surface area contributed by atoms with Gasteiger partial charge in [0.2, 0.25) is 15.7 Å². The Bertz CT molecular complexity index is 1080. The van der Waals surface area contributed by atoms with Crippen molar-refractivity contribution in [2.24, 2.45) is 0 Å². The van der Waals surface area contributed by atoms with Gasteiger partial charge in [-0.1, -0.05) is 70.3 Å². The number of amides is 2. The standard InChI is InChI=1S/C23H30N2O5SSi/c1-23(2,3)32(4,5)25-21(27)20(22(25)31(28,29)18-14-10-7-11-15-18)24-19(26)16-30-17-12-8-6-9-13-17/h6-15,20,22H,16H2,1-5H3,(H,24,26)/t20-,22?/m1/s1. The molecule has 9 heteroatoms. The van der Waals surface area contributed by atoms with E-state index in [1.807, 2.05) is 39.9 Å². The van der Waals surface area contributed by atoms with Crippen LogP contribution >= 0.6 is 0 Å². The second kappa shape index (κ2) is 8.71. The van der Waals surface area contributed by atoms with Gasteiger partial charge in [0, 0.05) is 0 Å². The summed E-state index contributed by atoms with van der Waals surface area (Å²) < 4.78 is 34.1. The molecule has 0 aliphatic carbocycles. The van der Waals surface area contributed by atoms with E-state index in [-0.39, 0.29) is 22.4 Å².